The molecule has 90 valence electrons. The summed E-state index contributed by atoms with van der Waals surface area (Å²) in [6, 6.07) is 0. The van der Waals surface area contributed by atoms with Crippen molar-refractivity contribution in [2.75, 3.05) is 24.7 Å². The van der Waals surface area contributed by atoms with Crippen LogP contribution in [0.5, 0.6) is 0 Å². The molecular weight excluding hydrogens is 226 g/mol. The lowest BCUT2D eigenvalue weighted by molar-refractivity contribution is 0.0677. The minimum atomic E-state index is -0.271. The highest BCUT2D eigenvalue weighted by Gasteiger charge is 2.29. The number of nitrogens with zero attached hydrogens (tertiary/aromatic N) is 2. The molecular formula is C10H17N3O2S. The number of hydrogen-bond donors (Lipinski definition) is 1. The van der Waals surface area contributed by atoms with E-state index in [0.717, 1.165) is 18.1 Å². The zero-order chi connectivity index (χ0) is 11.6. The van der Waals surface area contributed by atoms with Crippen molar-refractivity contribution in [1.29, 1.82) is 0 Å². The van der Waals surface area contributed by atoms with Crippen LogP contribution in [-0.2, 0) is 10.2 Å². The van der Waals surface area contributed by atoms with Crippen molar-refractivity contribution in [2.24, 2.45) is 5.73 Å². The average molecular weight is 243 g/mol. The van der Waals surface area contributed by atoms with Gasteiger partial charge in [-0.3, -0.25) is 0 Å². The van der Waals surface area contributed by atoms with Gasteiger partial charge in [0.15, 0.2) is 0 Å². The van der Waals surface area contributed by atoms with Crippen LogP contribution in [0.3, 0.4) is 0 Å². The topological polar surface area (TPSA) is 74.2 Å². The van der Waals surface area contributed by atoms with E-state index >= 15 is 0 Å². The number of hydrogen-bond acceptors (Lipinski definition) is 6. The summed E-state index contributed by atoms with van der Waals surface area (Å²) in [4.78, 5) is 4.38. The maximum absolute atomic E-state index is 5.66. The van der Waals surface area contributed by atoms with E-state index in [0.29, 0.717) is 18.3 Å². The number of nitrogens with two attached hydrogens (primary N) is 1. The summed E-state index contributed by atoms with van der Waals surface area (Å²) in [6.45, 7) is 5.20. The molecule has 0 aliphatic carbocycles. The summed E-state index contributed by atoms with van der Waals surface area (Å²) in [6.07, 6.45) is -0.0372. The third kappa shape index (κ3) is 2.39. The molecule has 1 aliphatic heterocycles. The van der Waals surface area contributed by atoms with Gasteiger partial charge in [-0.05, 0) is 13.8 Å². The molecule has 1 unspecified atom stereocenters. The molecule has 1 saturated heterocycles. The van der Waals surface area contributed by atoms with E-state index in [4.69, 9.17) is 15.0 Å². The Balaban J connectivity index is 2.12. The predicted octanol–water partition coefficient (Wildman–Crippen LogP) is 1.11. The second kappa shape index (κ2) is 4.73. The van der Waals surface area contributed by atoms with Crippen LogP contribution in [-0.4, -0.2) is 34.8 Å². The van der Waals surface area contributed by atoms with Crippen LogP contribution < -0.4 is 5.73 Å². The molecule has 2 N–H and O–H groups in total. The van der Waals surface area contributed by atoms with Gasteiger partial charge in [0.1, 0.15) is 6.10 Å². The van der Waals surface area contributed by atoms with Crippen LogP contribution in [0.4, 0.5) is 0 Å². The Hall–Kier alpha value is -0.590. The molecule has 0 spiro atoms. The van der Waals surface area contributed by atoms with Gasteiger partial charge in [0.2, 0.25) is 11.7 Å². The molecule has 2 rings (SSSR count). The van der Waals surface area contributed by atoms with Crippen LogP contribution in [0.2, 0.25) is 0 Å². The third-order valence-electron chi connectivity index (χ3n) is 2.63. The van der Waals surface area contributed by atoms with Gasteiger partial charge in [-0.15, -0.1) is 0 Å². The van der Waals surface area contributed by atoms with E-state index in [-0.39, 0.29) is 11.5 Å². The van der Waals surface area contributed by atoms with Gasteiger partial charge < -0.3 is 15.0 Å². The molecule has 0 bridgehead atoms. The smallest absolute Gasteiger partial charge is 0.233 e. The van der Waals surface area contributed by atoms with Crippen molar-refractivity contribution in [3.63, 3.8) is 0 Å². The highest BCUT2D eigenvalue weighted by Crippen LogP contribution is 2.27. The molecule has 5 nitrogen and oxygen atoms in total. The van der Waals surface area contributed by atoms with Crippen LogP contribution in [0, 0.1) is 0 Å². The molecule has 1 atom stereocenters. The second-order valence-electron chi connectivity index (χ2n) is 4.48. The second-order valence-corrected chi connectivity index (χ2v) is 5.63. The first-order valence-electron chi connectivity index (χ1n) is 5.37. The van der Waals surface area contributed by atoms with Crippen molar-refractivity contribution in [1.82, 2.24) is 10.1 Å². The zero-order valence-corrected chi connectivity index (χ0v) is 10.4. The zero-order valence-electron chi connectivity index (χ0n) is 9.60. The Morgan fingerprint density at radius 1 is 1.56 bits per heavy atom. The van der Waals surface area contributed by atoms with E-state index in [1.807, 2.05) is 25.6 Å². The Bertz CT molecular complexity index is 348. The fraction of sp³-hybridized carbons (Fsp3) is 0.800. The van der Waals surface area contributed by atoms with E-state index in [9.17, 15) is 0 Å². The molecule has 16 heavy (non-hydrogen) atoms. The minimum Gasteiger partial charge on any atom is -0.368 e. The summed E-state index contributed by atoms with van der Waals surface area (Å²) in [5.41, 5.74) is 5.39. The molecule has 1 fully saturated rings. The molecule has 0 aromatic carbocycles. The number of aromatic nitrogens is 2. The van der Waals surface area contributed by atoms with Gasteiger partial charge >= 0.3 is 0 Å². The SMILES string of the molecule is CC(C)(CN)c1nc(C2CSCCO2)no1. The Labute approximate surface area is 99.1 Å². The average Bonchev–Trinajstić information content (AvgIpc) is 2.80. The normalized spacial score (nSPS) is 22.3. The first kappa shape index (κ1) is 11.9. The Morgan fingerprint density at radius 2 is 2.38 bits per heavy atom. The lowest BCUT2D eigenvalue weighted by Gasteiger charge is -2.19. The van der Waals surface area contributed by atoms with Crippen molar-refractivity contribution in [2.45, 2.75) is 25.4 Å². The fourth-order valence-electron chi connectivity index (χ4n) is 1.36. The molecule has 0 saturated carbocycles. The molecule has 0 radical (unpaired) electrons. The minimum absolute atomic E-state index is 0.0372. The van der Waals surface area contributed by atoms with E-state index in [1.54, 1.807) is 0 Å². The molecule has 1 aromatic heterocycles. The molecule has 6 heteroatoms. The van der Waals surface area contributed by atoms with Crippen LogP contribution in [0.15, 0.2) is 4.52 Å². The molecule has 1 aliphatic rings. The Kier molecular flexibility index (Phi) is 3.51. The van der Waals surface area contributed by atoms with E-state index in [2.05, 4.69) is 10.1 Å². The standard InChI is InChI=1S/C10H17N3O2S/c1-10(2,6-11)9-12-8(13-15-9)7-5-16-4-3-14-7/h7H,3-6,11H2,1-2H3. The molecule has 2 heterocycles. The van der Waals surface area contributed by atoms with Crippen LogP contribution in [0.25, 0.3) is 0 Å². The number of rotatable bonds is 3. The van der Waals surface area contributed by atoms with Gasteiger partial charge in [0.05, 0.1) is 12.0 Å². The van der Waals surface area contributed by atoms with Crippen LogP contribution in [0.1, 0.15) is 31.7 Å². The van der Waals surface area contributed by atoms with Gasteiger partial charge in [0.25, 0.3) is 0 Å². The quantitative estimate of drug-likeness (QED) is 0.857. The number of ether oxygens (including phenoxy) is 1. The summed E-state index contributed by atoms with van der Waals surface area (Å²) < 4.78 is 10.8. The maximum Gasteiger partial charge on any atom is 0.233 e. The van der Waals surface area contributed by atoms with Gasteiger partial charge in [-0.2, -0.15) is 16.7 Å². The van der Waals surface area contributed by atoms with Crippen molar-refractivity contribution < 1.29 is 9.26 Å². The summed E-state index contributed by atoms with van der Waals surface area (Å²) in [5, 5.41) is 3.97. The third-order valence-corrected chi connectivity index (χ3v) is 3.63. The van der Waals surface area contributed by atoms with Crippen LogP contribution >= 0.6 is 11.8 Å². The number of thioether (sulfide) groups is 1. The first-order valence-corrected chi connectivity index (χ1v) is 6.52. The lowest BCUT2D eigenvalue weighted by atomic mass is 9.94. The Morgan fingerprint density at radius 3 is 3.00 bits per heavy atom. The maximum atomic E-state index is 5.66. The van der Waals surface area contributed by atoms with Crippen molar-refractivity contribution >= 4 is 11.8 Å². The highest BCUT2D eigenvalue weighted by atomic mass is 32.2. The van der Waals surface area contributed by atoms with E-state index < -0.39 is 0 Å². The van der Waals surface area contributed by atoms with Gasteiger partial charge in [-0.1, -0.05) is 5.16 Å². The van der Waals surface area contributed by atoms with Crippen molar-refractivity contribution in [3.05, 3.63) is 11.7 Å². The fourth-order valence-corrected chi connectivity index (χ4v) is 2.20. The lowest BCUT2D eigenvalue weighted by Crippen LogP contribution is -2.28. The largest absolute Gasteiger partial charge is 0.368 e. The molecule has 0 amide bonds. The van der Waals surface area contributed by atoms with Gasteiger partial charge in [0, 0.05) is 18.1 Å². The summed E-state index contributed by atoms with van der Waals surface area (Å²) in [5.74, 6) is 3.16. The molecule has 1 aromatic rings. The van der Waals surface area contributed by atoms with Gasteiger partial charge in [-0.25, -0.2) is 0 Å². The van der Waals surface area contributed by atoms with E-state index in [1.165, 1.54) is 0 Å². The monoisotopic (exact) mass is 243 g/mol. The highest BCUT2D eigenvalue weighted by molar-refractivity contribution is 7.99. The summed E-state index contributed by atoms with van der Waals surface area (Å²) >= 11 is 1.85. The van der Waals surface area contributed by atoms with Crippen molar-refractivity contribution in [3.8, 4) is 0 Å². The predicted molar refractivity (Wildman–Crippen MR) is 62.4 cm³/mol. The summed E-state index contributed by atoms with van der Waals surface area (Å²) in [7, 11) is 0. The first-order chi connectivity index (χ1) is 7.63.